The molecular weight excluding hydrogens is 418 g/mol. The summed E-state index contributed by atoms with van der Waals surface area (Å²) >= 11 is 0. The summed E-state index contributed by atoms with van der Waals surface area (Å²) in [6, 6.07) is 8.69. The van der Waals surface area contributed by atoms with Crippen LogP contribution < -0.4 is 10.2 Å². The molecule has 0 spiro atoms. The topological polar surface area (TPSA) is 98.8 Å². The van der Waals surface area contributed by atoms with E-state index in [1.54, 1.807) is 30.7 Å². The third-order valence-electron chi connectivity index (χ3n) is 5.53. The number of benzene rings is 1. The molecule has 1 aliphatic rings. The average Bonchev–Trinajstić information content (AvgIpc) is 3.18. The zero-order valence-corrected chi connectivity index (χ0v) is 16.9. The number of hydrogen-bond acceptors (Lipinski definition) is 7. The highest BCUT2D eigenvalue weighted by Gasteiger charge is 2.27. The molecule has 0 saturated carbocycles. The highest BCUT2D eigenvalue weighted by atomic mass is 19.1. The van der Waals surface area contributed by atoms with Gasteiger partial charge < -0.3 is 20.4 Å². The van der Waals surface area contributed by atoms with E-state index in [9.17, 15) is 19.0 Å². The number of hydrogen-bond donors (Lipinski definition) is 3. The molecule has 2 unspecified atom stereocenters. The van der Waals surface area contributed by atoms with Crippen molar-refractivity contribution in [2.45, 2.75) is 18.6 Å². The highest BCUT2D eigenvalue weighted by Crippen LogP contribution is 2.31. The van der Waals surface area contributed by atoms with Gasteiger partial charge in [-0.3, -0.25) is 4.98 Å². The molecule has 2 atom stereocenters. The number of piperidine rings is 1. The Kier molecular flexibility index (Phi) is 5.16. The lowest BCUT2D eigenvalue weighted by molar-refractivity contribution is 0.00804. The molecule has 4 heterocycles. The molecular formula is C22H20F2N6O2. The quantitative estimate of drug-likeness (QED) is 0.451. The van der Waals surface area contributed by atoms with Gasteiger partial charge in [-0.05, 0) is 36.8 Å². The fourth-order valence-electron chi connectivity index (χ4n) is 3.86. The second kappa shape index (κ2) is 8.13. The molecule has 1 aliphatic heterocycles. The van der Waals surface area contributed by atoms with Crippen molar-refractivity contribution in [3.05, 3.63) is 66.6 Å². The minimum Gasteiger partial charge on any atom is -0.390 e. The Morgan fingerprint density at radius 3 is 2.59 bits per heavy atom. The Labute approximate surface area is 181 Å². The van der Waals surface area contributed by atoms with Gasteiger partial charge in [-0.25, -0.2) is 13.8 Å². The summed E-state index contributed by atoms with van der Waals surface area (Å²) in [4.78, 5) is 10.5. The summed E-state index contributed by atoms with van der Waals surface area (Å²) in [6.07, 6.45) is 3.69. The number of halogens is 2. The first-order chi connectivity index (χ1) is 15.5. The molecule has 0 radical (unpaired) electrons. The highest BCUT2D eigenvalue weighted by molar-refractivity contribution is 5.74. The molecule has 10 heteroatoms. The monoisotopic (exact) mass is 438 g/mol. The Morgan fingerprint density at radius 1 is 1.00 bits per heavy atom. The number of rotatable bonds is 4. The molecule has 0 bridgehead atoms. The van der Waals surface area contributed by atoms with Crippen LogP contribution in [0.2, 0.25) is 0 Å². The molecule has 3 aromatic heterocycles. The average molecular weight is 438 g/mol. The van der Waals surface area contributed by atoms with Crippen LogP contribution in [-0.4, -0.2) is 55.1 Å². The van der Waals surface area contributed by atoms with Crippen LogP contribution in [0, 0.1) is 11.6 Å². The number of aliphatic hydroxyl groups excluding tert-OH is 2. The van der Waals surface area contributed by atoms with Gasteiger partial charge in [0.2, 0.25) is 5.95 Å². The summed E-state index contributed by atoms with van der Waals surface area (Å²) in [7, 11) is 0. The lowest BCUT2D eigenvalue weighted by atomic mass is 10.0. The van der Waals surface area contributed by atoms with Gasteiger partial charge in [0.1, 0.15) is 11.6 Å². The number of pyridine rings is 1. The first-order valence-corrected chi connectivity index (χ1v) is 10.1. The zero-order valence-electron chi connectivity index (χ0n) is 16.9. The summed E-state index contributed by atoms with van der Waals surface area (Å²) < 4.78 is 30.0. The number of aromatic nitrogens is 4. The SMILES string of the molecule is OC1CCN(c2ccncc2Nc2ncc3ccc(-c4c(F)cccc4F)nn23)CC1O. The molecule has 3 N–H and O–H groups in total. The van der Waals surface area contributed by atoms with Gasteiger partial charge in [-0.15, -0.1) is 0 Å². The number of β-amino-alcohol motifs (C(OH)–C–C–N with tert-alkyl or cyclic N) is 1. The van der Waals surface area contributed by atoms with Gasteiger partial charge in [0.25, 0.3) is 0 Å². The van der Waals surface area contributed by atoms with Gasteiger partial charge in [0, 0.05) is 19.3 Å². The molecule has 1 saturated heterocycles. The molecule has 1 fully saturated rings. The lowest BCUT2D eigenvalue weighted by Crippen LogP contribution is -2.46. The van der Waals surface area contributed by atoms with Gasteiger partial charge in [-0.2, -0.15) is 9.61 Å². The van der Waals surface area contributed by atoms with Gasteiger partial charge >= 0.3 is 0 Å². The molecule has 5 rings (SSSR count). The molecule has 4 aromatic rings. The first-order valence-electron chi connectivity index (χ1n) is 10.1. The van der Waals surface area contributed by atoms with Crippen molar-refractivity contribution in [3.63, 3.8) is 0 Å². The van der Waals surface area contributed by atoms with E-state index in [-0.39, 0.29) is 17.8 Å². The number of imidazole rings is 1. The number of nitrogens with one attached hydrogen (secondary N) is 1. The Hall–Kier alpha value is -3.63. The Morgan fingerprint density at radius 2 is 1.81 bits per heavy atom. The van der Waals surface area contributed by atoms with Crippen molar-refractivity contribution in [3.8, 4) is 11.3 Å². The number of anilines is 3. The normalized spacial score (nSPS) is 18.8. The largest absolute Gasteiger partial charge is 0.390 e. The van der Waals surface area contributed by atoms with Crippen LogP contribution >= 0.6 is 0 Å². The zero-order chi connectivity index (χ0) is 22.2. The third kappa shape index (κ3) is 3.63. The fourth-order valence-corrected chi connectivity index (χ4v) is 3.86. The second-order valence-electron chi connectivity index (χ2n) is 7.62. The van der Waals surface area contributed by atoms with Crippen molar-refractivity contribution in [1.29, 1.82) is 0 Å². The molecule has 0 amide bonds. The van der Waals surface area contributed by atoms with E-state index in [4.69, 9.17) is 0 Å². The predicted molar refractivity (Wildman–Crippen MR) is 115 cm³/mol. The minimum absolute atomic E-state index is 0.133. The maximum atomic E-state index is 14.3. The van der Waals surface area contributed by atoms with Crippen LogP contribution in [0.4, 0.5) is 26.1 Å². The third-order valence-corrected chi connectivity index (χ3v) is 5.53. The van der Waals surface area contributed by atoms with E-state index in [1.807, 2.05) is 4.90 Å². The molecule has 0 aliphatic carbocycles. The van der Waals surface area contributed by atoms with Gasteiger partial charge in [0.15, 0.2) is 0 Å². The van der Waals surface area contributed by atoms with Gasteiger partial charge in [0.05, 0.1) is 52.8 Å². The second-order valence-corrected chi connectivity index (χ2v) is 7.62. The maximum Gasteiger partial charge on any atom is 0.229 e. The smallest absolute Gasteiger partial charge is 0.229 e. The number of aliphatic hydroxyl groups is 2. The van der Waals surface area contributed by atoms with E-state index in [2.05, 4.69) is 20.4 Å². The van der Waals surface area contributed by atoms with Crippen molar-refractivity contribution < 1.29 is 19.0 Å². The molecule has 8 nitrogen and oxygen atoms in total. The predicted octanol–water partition coefficient (Wildman–Crippen LogP) is 2.75. The van der Waals surface area contributed by atoms with Crippen molar-refractivity contribution in [1.82, 2.24) is 19.6 Å². The van der Waals surface area contributed by atoms with Crippen molar-refractivity contribution in [2.24, 2.45) is 0 Å². The molecule has 32 heavy (non-hydrogen) atoms. The number of nitrogens with zero attached hydrogens (tertiary/aromatic N) is 5. The summed E-state index contributed by atoms with van der Waals surface area (Å²) in [5.74, 6) is -1.07. The van der Waals surface area contributed by atoms with E-state index < -0.39 is 23.8 Å². The van der Waals surface area contributed by atoms with E-state index in [1.165, 1.54) is 28.8 Å². The minimum atomic E-state index is -0.850. The first kappa shape index (κ1) is 20.3. The summed E-state index contributed by atoms with van der Waals surface area (Å²) in [6.45, 7) is 0.839. The van der Waals surface area contributed by atoms with Crippen LogP contribution in [0.5, 0.6) is 0 Å². The van der Waals surface area contributed by atoms with Crippen LogP contribution in [0.3, 0.4) is 0 Å². The van der Waals surface area contributed by atoms with E-state index >= 15 is 0 Å². The molecule has 164 valence electrons. The number of fused-ring (bicyclic) bond motifs is 1. The Balaban J connectivity index is 1.51. The standard InChI is InChI=1S/C22H20F2N6O2/c23-14-2-1-3-15(24)21(14)16-5-4-13-10-26-22(30(13)28-16)27-17-11-25-8-6-18(17)29-9-7-19(31)20(32)12-29/h1-6,8,10-11,19-20,31-32H,7,9,12H2,(H,26,27). The van der Waals surface area contributed by atoms with Crippen LogP contribution in [-0.2, 0) is 0 Å². The van der Waals surface area contributed by atoms with Crippen LogP contribution in [0.15, 0.2) is 55.0 Å². The van der Waals surface area contributed by atoms with Crippen LogP contribution in [0.1, 0.15) is 6.42 Å². The summed E-state index contributed by atoms with van der Waals surface area (Å²) in [5, 5.41) is 27.5. The maximum absolute atomic E-state index is 14.3. The summed E-state index contributed by atoms with van der Waals surface area (Å²) in [5.41, 5.74) is 1.95. The Bertz CT molecular complexity index is 1260. The lowest BCUT2D eigenvalue weighted by Gasteiger charge is -2.35. The van der Waals surface area contributed by atoms with Crippen molar-refractivity contribution >= 4 is 22.8 Å². The molecule has 1 aromatic carbocycles. The van der Waals surface area contributed by atoms with E-state index in [0.29, 0.717) is 30.1 Å². The van der Waals surface area contributed by atoms with Gasteiger partial charge in [-0.1, -0.05) is 6.07 Å². The van der Waals surface area contributed by atoms with Crippen LogP contribution in [0.25, 0.3) is 16.8 Å². The fraction of sp³-hybridized carbons (Fsp3) is 0.227. The van der Waals surface area contributed by atoms with E-state index in [0.717, 1.165) is 5.69 Å². The van der Waals surface area contributed by atoms with Crippen molar-refractivity contribution in [2.75, 3.05) is 23.3 Å².